The fraction of sp³-hybridized carbons (Fsp3) is 0. The van der Waals surface area contributed by atoms with Crippen LogP contribution in [0.1, 0.15) is 5.56 Å². The Bertz CT molecular complexity index is 235. The van der Waals surface area contributed by atoms with Crippen LogP contribution in [0.25, 0.3) is 0 Å². The molecule has 0 aliphatic carbocycles. The molecule has 0 aromatic heterocycles. The molecule has 0 saturated heterocycles. The predicted molar refractivity (Wildman–Crippen MR) is 42.1 cm³/mol. The number of nitrogens with one attached hydrogen (secondary N) is 1. The number of benzene rings is 1. The highest BCUT2D eigenvalue weighted by Gasteiger charge is 1.89. The van der Waals surface area contributed by atoms with Crippen molar-refractivity contribution in [3.05, 3.63) is 34.3 Å². The van der Waals surface area contributed by atoms with Crippen LogP contribution in [0.4, 0.5) is 0 Å². The van der Waals surface area contributed by atoms with Crippen LogP contribution in [-0.2, 0) is 0 Å². The molecule has 11 heavy (non-hydrogen) atoms. The van der Waals surface area contributed by atoms with E-state index in [0.717, 1.165) is 10.0 Å². The lowest BCUT2D eigenvalue weighted by atomic mass is 10.2. The molecule has 0 bridgehead atoms. The minimum atomic E-state index is 0. The summed E-state index contributed by atoms with van der Waals surface area (Å²) >= 11 is 3.30. The van der Waals surface area contributed by atoms with Crippen LogP contribution in [0.3, 0.4) is 0 Å². The Kier molecular flexibility index (Phi) is 4.90. The van der Waals surface area contributed by atoms with Crippen LogP contribution in [0, 0.1) is 0 Å². The fourth-order valence-corrected chi connectivity index (χ4v) is 0.898. The van der Waals surface area contributed by atoms with Crippen molar-refractivity contribution in [2.45, 2.75) is 0 Å². The number of hydrogen-bond acceptors (Lipinski definition) is 1. The highest BCUT2D eigenvalue weighted by Crippen LogP contribution is 2.08. The molecular weight excluding hydrogens is 229 g/mol. The molecule has 0 atom stereocenters. The van der Waals surface area contributed by atoms with Gasteiger partial charge in [0.25, 0.3) is 0 Å². The van der Waals surface area contributed by atoms with Gasteiger partial charge in [0.15, 0.2) is 0 Å². The van der Waals surface area contributed by atoms with Gasteiger partial charge in [-0.3, -0.25) is 5.21 Å². The minimum absolute atomic E-state index is 0. The maximum Gasteiger partial charge on any atom is 0.220 e. The normalized spacial score (nSPS) is 9.55. The molecule has 2 nitrogen and oxygen atoms in total. The van der Waals surface area contributed by atoms with Crippen molar-refractivity contribution in [3.8, 4) is 0 Å². The zero-order chi connectivity index (χ0) is 7.40. The minimum Gasteiger partial charge on any atom is -1.00 e. The summed E-state index contributed by atoms with van der Waals surface area (Å²) in [4.78, 5) is 0. The Labute approximate surface area is 79.5 Å². The van der Waals surface area contributed by atoms with Gasteiger partial charge in [-0.25, -0.2) is 0 Å². The van der Waals surface area contributed by atoms with Crippen molar-refractivity contribution in [1.82, 2.24) is 0 Å². The van der Waals surface area contributed by atoms with E-state index in [9.17, 15) is 0 Å². The summed E-state index contributed by atoms with van der Waals surface area (Å²) in [6.07, 6.45) is 1.51. The molecule has 0 fully saturated rings. The zero-order valence-corrected chi connectivity index (χ0v) is 7.93. The van der Waals surface area contributed by atoms with Crippen LogP contribution < -0.4 is 17.6 Å². The summed E-state index contributed by atoms with van der Waals surface area (Å²) in [7, 11) is 0. The number of halogens is 2. The second kappa shape index (κ2) is 5.16. The van der Waals surface area contributed by atoms with E-state index < -0.39 is 0 Å². The quantitative estimate of drug-likeness (QED) is 0.312. The third kappa shape index (κ3) is 3.39. The molecule has 0 unspecified atom stereocenters. The van der Waals surface area contributed by atoms with Gasteiger partial charge in [-0.1, -0.05) is 15.9 Å². The standard InChI is InChI=1S/C7H6BrNO.ClH/c8-7-3-1-6(2-4-7)5-9-10;/h1-5,10H;1H/b9-5-;. The Morgan fingerprint density at radius 1 is 1.27 bits per heavy atom. The molecule has 1 aromatic rings. The Morgan fingerprint density at radius 3 is 2.27 bits per heavy atom. The van der Waals surface area contributed by atoms with Gasteiger partial charge >= 0.3 is 0 Å². The van der Waals surface area contributed by atoms with Crippen molar-refractivity contribution in [3.63, 3.8) is 0 Å². The lowest BCUT2D eigenvalue weighted by Crippen LogP contribution is -3.00. The molecule has 0 spiro atoms. The Hall–Kier alpha value is -0.540. The molecule has 0 radical (unpaired) electrons. The molecule has 0 aliphatic rings. The van der Waals surface area contributed by atoms with Crippen LogP contribution in [-0.4, -0.2) is 11.4 Å². The van der Waals surface area contributed by atoms with E-state index in [2.05, 4.69) is 15.9 Å². The topological polar surface area (TPSA) is 34.2 Å². The first-order chi connectivity index (χ1) is 4.83. The van der Waals surface area contributed by atoms with Gasteiger partial charge in [0.2, 0.25) is 6.21 Å². The number of hydrogen-bond donors (Lipinski definition) is 2. The molecule has 60 valence electrons. The summed E-state index contributed by atoms with van der Waals surface area (Å²) in [6, 6.07) is 7.58. The first kappa shape index (κ1) is 10.5. The predicted octanol–water partition coefficient (Wildman–Crippen LogP) is -2.66. The van der Waals surface area contributed by atoms with Crippen LogP contribution in [0.5, 0.6) is 0 Å². The van der Waals surface area contributed by atoms with Gasteiger partial charge in [-0.05, 0) is 29.4 Å². The lowest BCUT2D eigenvalue weighted by molar-refractivity contribution is -0.733. The van der Waals surface area contributed by atoms with Crippen LogP contribution >= 0.6 is 15.9 Å². The first-order valence-electron chi connectivity index (χ1n) is 2.81. The summed E-state index contributed by atoms with van der Waals surface area (Å²) in [6.45, 7) is 0. The third-order valence-corrected chi connectivity index (χ3v) is 1.63. The van der Waals surface area contributed by atoms with Gasteiger partial charge in [0.1, 0.15) is 0 Å². The largest absolute Gasteiger partial charge is 1.00 e. The molecule has 4 heteroatoms. The number of rotatable bonds is 1. The Balaban J connectivity index is 0.000001000. The maximum absolute atomic E-state index is 8.27. The monoisotopic (exact) mass is 235 g/mol. The molecule has 0 aliphatic heterocycles. The summed E-state index contributed by atoms with van der Waals surface area (Å²) < 4.78 is 1.03. The molecule has 0 saturated carbocycles. The highest BCUT2D eigenvalue weighted by atomic mass is 79.9. The van der Waals surface area contributed by atoms with Crippen molar-refractivity contribution in [2.24, 2.45) is 0 Å². The van der Waals surface area contributed by atoms with E-state index in [1.54, 1.807) is 0 Å². The Morgan fingerprint density at radius 2 is 1.82 bits per heavy atom. The maximum atomic E-state index is 8.27. The van der Waals surface area contributed by atoms with E-state index in [1.165, 1.54) is 6.21 Å². The van der Waals surface area contributed by atoms with Crippen LogP contribution in [0.15, 0.2) is 28.7 Å². The molecule has 1 rings (SSSR count). The second-order valence-electron chi connectivity index (χ2n) is 1.82. The molecule has 1 aromatic carbocycles. The van der Waals surface area contributed by atoms with Gasteiger partial charge < -0.3 is 12.4 Å². The van der Waals surface area contributed by atoms with E-state index >= 15 is 0 Å². The average Bonchev–Trinajstić information content (AvgIpc) is 1.95. The van der Waals surface area contributed by atoms with Gasteiger partial charge in [-0.15, -0.1) is 0 Å². The fourth-order valence-electron chi connectivity index (χ4n) is 0.634. The van der Waals surface area contributed by atoms with E-state index in [-0.39, 0.29) is 12.4 Å². The van der Waals surface area contributed by atoms with Crippen LogP contribution in [0.2, 0.25) is 0 Å². The van der Waals surface area contributed by atoms with Gasteiger partial charge in [0, 0.05) is 10.0 Å². The lowest BCUT2D eigenvalue weighted by Gasteiger charge is -1.87. The van der Waals surface area contributed by atoms with Crippen molar-refractivity contribution < 1.29 is 22.8 Å². The van der Waals surface area contributed by atoms with Gasteiger partial charge in [-0.2, -0.15) is 0 Å². The van der Waals surface area contributed by atoms with E-state index in [4.69, 9.17) is 5.21 Å². The van der Waals surface area contributed by atoms with Gasteiger partial charge in [0.05, 0.1) is 0 Å². The van der Waals surface area contributed by atoms with Crippen molar-refractivity contribution in [1.29, 1.82) is 0 Å². The first-order valence-corrected chi connectivity index (χ1v) is 3.60. The summed E-state index contributed by atoms with van der Waals surface area (Å²) in [5.41, 5.74) is 0.936. The molecular formula is C7H7BrClNO. The molecule has 0 amide bonds. The third-order valence-electron chi connectivity index (χ3n) is 1.10. The molecule has 2 N–H and O–H groups in total. The van der Waals surface area contributed by atoms with Crippen molar-refractivity contribution >= 4 is 22.1 Å². The zero-order valence-electron chi connectivity index (χ0n) is 5.59. The van der Waals surface area contributed by atoms with Crippen molar-refractivity contribution in [2.75, 3.05) is 0 Å². The second-order valence-corrected chi connectivity index (χ2v) is 2.74. The average molecular weight is 236 g/mol. The van der Waals surface area contributed by atoms with E-state index in [1.807, 2.05) is 29.4 Å². The summed E-state index contributed by atoms with van der Waals surface area (Å²) in [5.74, 6) is 0. The highest BCUT2D eigenvalue weighted by molar-refractivity contribution is 9.10. The van der Waals surface area contributed by atoms with E-state index in [0.29, 0.717) is 0 Å². The summed E-state index contributed by atoms with van der Waals surface area (Å²) in [5, 5.41) is 10.2. The SMILES string of the molecule is O/[NH+]=C\c1ccc(Br)cc1.[Cl-]. The smallest absolute Gasteiger partial charge is 0.220 e. The molecule has 0 heterocycles.